The number of carbonyl (C=O) groups excluding carboxylic acids is 1. The van der Waals surface area contributed by atoms with Gasteiger partial charge in [0.2, 0.25) is 5.91 Å². The van der Waals surface area contributed by atoms with Crippen LogP contribution in [0.4, 0.5) is 0 Å². The molecule has 0 aromatic heterocycles. The van der Waals surface area contributed by atoms with Crippen LogP contribution in [0.1, 0.15) is 26.3 Å². The smallest absolute Gasteiger partial charge is 0.236 e. The third kappa shape index (κ3) is 4.04. The summed E-state index contributed by atoms with van der Waals surface area (Å²) in [5.74, 6) is 0.797. The number of nitrogens with two attached hydrogens (primary N) is 1. The molecule has 2 N–H and O–H groups in total. The predicted octanol–water partition coefficient (Wildman–Crippen LogP) is 1.78. The van der Waals surface area contributed by atoms with Gasteiger partial charge in [0.05, 0.1) is 13.2 Å². The molecular weight excluding hydrogens is 228 g/mol. The lowest BCUT2D eigenvalue weighted by atomic mass is 10.1. The van der Waals surface area contributed by atoms with E-state index in [0.29, 0.717) is 13.2 Å². The SMILES string of the molecule is CCOc1cccc(CN(C(=O)CN)C(C)C)c1. The molecule has 0 spiro atoms. The standard InChI is InChI=1S/C14H22N2O2/c1-4-18-13-7-5-6-12(8-13)10-16(11(2)3)14(17)9-15/h5-8,11H,4,9-10,15H2,1-3H3. The zero-order valence-corrected chi connectivity index (χ0v) is 11.3. The van der Waals surface area contributed by atoms with Crippen LogP contribution in [0.5, 0.6) is 5.75 Å². The molecule has 0 radical (unpaired) electrons. The van der Waals surface area contributed by atoms with Crippen molar-refractivity contribution in [2.24, 2.45) is 5.73 Å². The van der Waals surface area contributed by atoms with Gasteiger partial charge in [0.15, 0.2) is 0 Å². The molecule has 1 rings (SSSR count). The zero-order chi connectivity index (χ0) is 13.5. The van der Waals surface area contributed by atoms with Crippen molar-refractivity contribution < 1.29 is 9.53 Å². The molecule has 1 aromatic carbocycles. The monoisotopic (exact) mass is 250 g/mol. The first-order valence-electron chi connectivity index (χ1n) is 6.29. The molecule has 1 amide bonds. The molecule has 1 aromatic rings. The summed E-state index contributed by atoms with van der Waals surface area (Å²) in [6.45, 7) is 7.17. The minimum absolute atomic E-state index is 0.0354. The molecule has 0 atom stereocenters. The van der Waals surface area contributed by atoms with Gasteiger partial charge < -0.3 is 15.4 Å². The summed E-state index contributed by atoms with van der Waals surface area (Å²) in [6, 6.07) is 7.94. The Morgan fingerprint density at radius 2 is 2.17 bits per heavy atom. The second-order valence-corrected chi connectivity index (χ2v) is 4.40. The Kier molecular flexibility index (Phi) is 5.65. The number of amides is 1. The van der Waals surface area contributed by atoms with Gasteiger partial charge in [-0.3, -0.25) is 4.79 Å². The first kappa shape index (κ1) is 14.5. The molecule has 0 bridgehead atoms. The van der Waals surface area contributed by atoms with Crippen molar-refractivity contribution in [3.63, 3.8) is 0 Å². The Morgan fingerprint density at radius 3 is 2.72 bits per heavy atom. The summed E-state index contributed by atoms with van der Waals surface area (Å²) in [7, 11) is 0. The fourth-order valence-electron chi connectivity index (χ4n) is 1.77. The normalized spacial score (nSPS) is 10.5. The quantitative estimate of drug-likeness (QED) is 0.837. The summed E-state index contributed by atoms with van der Waals surface area (Å²) in [5, 5.41) is 0. The van der Waals surface area contributed by atoms with E-state index in [9.17, 15) is 4.79 Å². The minimum Gasteiger partial charge on any atom is -0.494 e. The van der Waals surface area contributed by atoms with Crippen molar-refractivity contribution in [3.8, 4) is 5.75 Å². The predicted molar refractivity (Wildman–Crippen MR) is 72.4 cm³/mol. The van der Waals surface area contributed by atoms with Gasteiger partial charge in [-0.15, -0.1) is 0 Å². The van der Waals surface area contributed by atoms with E-state index >= 15 is 0 Å². The molecule has 0 fully saturated rings. The van der Waals surface area contributed by atoms with Crippen molar-refractivity contribution in [2.45, 2.75) is 33.4 Å². The lowest BCUT2D eigenvalue weighted by molar-refractivity contribution is -0.132. The largest absolute Gasteiger partial charge is 0.494 e. The molecule has 18 heavy (non-hydrogen) atoms. The number of carbonyl (C=O) groups is 1. The topological polar surface area (TPSA) is 55.6 Å². The summed E-state index contributed by atoms with van der Waals surface area (Å²) in [5.41, 5.74) is 6.48. The van der Waals surface area contributed by atoms with Crippen LogP contribution in [0.3, 0.4) is 0 Å². The van der Waals surface area contributed by atoms with Crippen molar-refractivity contribution in [3.05, 3.63) is 29.8 Å². The van der Waals surface area contributed by atoms with Crippen LogP contribution >= 0.6 is 0 Å². The minimum atomic E-state index is -0.0354. The van der Waals surface area contributed by atoms with E-state index in [4.69, 9.17) is 10.5 Å². The Hall–Kier alpha value is -1.55. The van der Waals surface area contributed by atoms with Gasteiger partial charge in [-0.05, 0) is 38.5 Å². The van der Waals surface area contributed by atoms with E-state index in [2.05, 4.69) is 0 Å². The van der Waals surface area contributed by atoms with E-state index in [0.717, 1.165) is 11.3 Å². The number of rotatable bonds is 6. The average Bonchev–Trinajstić information content (AvgIpc) is 2.35. The van der Waals surface area contributed by atoms with Gasteiger partial charge in [0.1, 0.15) is 5.75 Å². The molecule has 0 aliphatic rings. The highest BCUT2D eigenvalue weighted by Crippen LogP contribution is 2.16. The molecule has 0 heterocycles. The first-order valence-corrected chi connectivity index (χ1v) is 6.29. The van der Waals surface area contributed by atoms with Crippen LogP contribution in [0.25, 0.3) is 0 Å². The lowest BCUT2D eigenvalue weighted by Crippen LogP contribution is -2.40. The van der Waals surface area contributed by atoms with Crippen LogP contribution in [0, 0.1) is 0 Å². The average molecular weight is 250 g/mol. The second kappa shape index (κ2) is 7.01. The van der Waals surface area contributed by atoms with Crippen LogP contribution in [0.15, 0.2) is 24.3 Å². The molecule has 0 saturated heterocycles. The van der Waals surface area contributed by atoms with Gasteiger partial charge in [-0.2, -0.15) is 0 Å². The highest BCUT2D eigenvalue weighted by atomic mass is 16.5. The van der Waals surface area contributed by atoms with Gasteiger partial charge in [0, 0.05) is 12.6 Å². The molecule has 4 heteroatoms. The van der Waals surface area contributed by atoms with E-state index < -0.39 is 0 Å². The third-order valence-electron chi connectivity index (χ3n) is 2.68. The van der Waals surface area contributed by atoms with Crippen molar-refractivity contribution in [2.75, 3.05) is 13.2 Å². The Labute approximate surface area is 109 Å². The summed E-state index contributed by atoms with van der Waals surface area (Å²) >= 11 is 0. The van der Waals surface area contributed by atoms with Gasteiger partial charge in [-0.25, -0.2) is 0 Å². The van der Waals surface area contributed by atoms with E-state index in [1.807, 2.05) is 45.0 Å². The maximum Gasteiger partial charge on any atom is 0.236 e. The summed E-state index contributed by atoms with van der Waals surface area (Å²) in [6.07, 6.45) is 0. The summed E-state index contributed by atoms with van der Waals surface area (Å²) in [4.78, 5) is 13.5. The van der Waals surface area contributed by atoms with Gasteiger partial charge in [-0.1, -0.05) is 12.1 Å². The van der Waals surface area contributed by atoms with Crippen LogP contribution < -0.4 is 10.5 Å². The fraction of sp³-hybridized carbons (Fsp3) is 0.500. The maximum absolute atomic E-state index is 11.7. The number of benzene rings is 1. The highest BCUT2D eigenvalue weighted by Gasteiger charge is 2.15. The Bertz CT molecular complexity index is 391. The Morgan fingerprint density at radius 1 is 1.44 bits per heavy atom. The Balaban J connectivity index is 2.80. The molecule has 0 saturated carbocycles. The molecule has 0 aliphatic heterocycles. The van der Waals surface area contributed by atoms with Gasteiger partial charge >= 0.3 is 0 Å². The number of nitrogens with zero attached hydrogens (tertiary/aromatic N) is 1. The second-order valence-electron chi connectivity index (χ2n) is 4.40. The highest BCUT2D eigenvalue weighted by molar-refractivity contribution is 5.78. The number of hydrogen-bond acceptors (Lipinski definition) is 3. The van der Waals surface area contributed by atoms with Crippen LogP contribution in [-0.2, 0) is 11.3 Å². The zero-order valence-electron chi connectivity index (χ0n) is 11.3. The molecule has 100 valence electrons. The van der Waals surface area contributed by atoms with E-state index in [-0.39, 0.29) is 18.5 Å². The molecule has 4 nitrogen and oxygen atoms in total. The van der Waals surface area contributed by atoms with E-state index in [1.165, 1.54) is 0 Å². The van der Waals surface area contributed by atoms with Crippen molar-refractivity contribution in [1.82, 2.24) is 4.90 Å². The summed E-state index contributed by atoms with van der Waals surface area (Å²) < 4.78 is 5.45. The third-order valence-corrected chi connectivity index (χ3v) is 2.68. The van der Waals surface area contributed by atoms with E-state index in [1.54, 1.807) is 4.90 Å². The fourth-order valence-corrected chi connectivity index (χ4v) is 1.77. The molecule has 0 aliphatic carbocycles. The number of ether oxygens (including phenoxy) is 1. The first-order chi connectivity index (χ1) is 8.58. The van der Waals surface area contributed by atoms with Crippen LogP contribution in [0.2, 0.25) is 0 Å². The molecular formula is C14H22N2O2. The van der Waals surface area contributed by atoms with Gasteiger partial charge in [0.25, 0.3) is 0 Å². The lowest BCUT2D eigenvalue weighted by Gasteiger charge is -2.26. The van der Waals surface area contributed by atoms with Crippen molar-refractivity contribution >= 4 is 5.91 Å². The molecule has 0 unspecified atom stereocenters. The van der Waals surface area contributed by atoms with Crippen molar-refractivity contribution in [1.29, 1.82) is 0 Å². The maximum atomic E-state index is 11.7. The van der Waals surface area contributed by atoms with Crippen LogP contribution in [-0.4, -0.2) is 30.0 Å². The number of hydrogen-bond donors (Lipinski definition) is 1.